The molecule has 3 unspecified atom stereocenters. The molecule has 0 aliphatic carbocycles. The Morgan fingerprint density at radius 2 is 2.22 bits per heavy atom. The largest absolute Gasteiger partial charge is 0.392 e. The van der Waals surface area contributed by atoms with Crippen LogP contribution in [0.15, 0.2) is 30.3 Å². The number of carbonyl (C=O) groups excluding carboxylic acids is 1. The summed E-state index contributed by atoms with van der Waals surface area (Å²) in [5, 5.41) is 15.4. The minimum Gasteiger partial charge on any atom is -0.392 e. The Bertz CT molecular complexity index is 511. The van der Waals surface area contributed by atoms with Gasteiger partial charge in [-0.25, -0.2) is 0 Å². The fraction of sp³-hybridized carbons (Fsp3) is 0.588. The molecule has 1 amide bonds. The molecule has 0 spiro atoms. The van der Waals surface area contributed by atoms with Crippen LogP contribution in [0, 0.1) is 0 Å². The number of amides is 1. The maximum atomic E-state index is 12.1. The van der Waals surface area contributed by atoms with Crippen molar-refractivity contribution in [1.29, 1.82) is 0 Å². The Balaban J connectivity index is 1.42. The average molecular weight is 319 g/mol. The molecule has 1 aromatic carbocycles. The molecule has 6 heteroatoms. The van der Waals surface area contributed by atoms with Crippen LogP contribution in [0.5, 0.6) is 0 Å². The van der Waals surface area contributed by atoms with E-state index in [4.69, 9.17) is 4.74 Å². The first-order valence-electron chi connectivity index (χ1n) is 8.28. The van der Waals surface area contributed by atoms with Crippen LogP contribution in [0.1, 0.15) is 12.0 Å². The summed E-state index contributed by atoms with van der Waals surface area (Å²) in [5.41, 5.74) is 1.29. The second kappa shape index (κ2) is 7.88. The van der Waals surface area contributed by atoms with Gasteiger partial charge in [0.25, 0.3) is 0 Å². The van der Waals surface area contributed by atoms with Crippen LogP contribution in [0.4, 0.5) is 0 Å². The van der Waals surface area contributed by atoms with E-state index in [2.05, 4.69) is 39.8 Å². The van der Waals surface area contributed by atoms with Crippen LogP contribution in [0.2, 0.25) is 0 Å². The van der Waals surface area contributed by atoms with Gasteiger partial charge in [-0.2, -0.15) is 0 Å². The third kappa shape index (κ3) is 4.75. The molecule has 2 aliphatic heterocycles. The topological polar surface area (TPSA) is 73.8 Å². The quantitative estimate of drug-likeness (QED) is 0.696. The van der Waals surface area contributed by atoms with E-state index in [1.165, 1.54) is 5.56 Å². The Morgan fingerprint density at radius 3 is 2.96 bits per heavy atom. The number of hydrogen-bond donors (Lipinski definition) is 3. The molecular formula is C17H25N3O3. The zero-order valence-corrected chi connectivity index (χ0v) is 13.3. The van der Waals surface area contributed by atoms with Crippen molar-refractivity contribution in [3.05, 3.63) is 35.9 Å². The number of morpholine rings is 1. The summed E-state index contributed by atoms with van der Waals surface area (Å²) in [5.74, 6) is -0.0506. The zero-order valence-electron chi connectivity index (χ0n) is 13.3. The molecule has 6 nitrogen and oxygen atoms in total. The molecule has 2 aliphatic rings. The van der Waals surface area contributed by atoms with Crippen molar-refractivity contribution in [3.8, 4) is 0 Å². The lowest BCUT2D eigenvalue weighted by molar-refractivity contribution is -0.124. The normalized spacial score (nSPS) is 28.7. The Morgan fingerprint density at radius 1 is 1.39 bits per heavy atom. The van der Waals surface area contributed by atoms with E-state index in [-0.39, 0.29) is 18.1 Å². The van der Waals surface area contributed by atoms with Crippen LogP contribution in [0.3, 0.4) is 0 Å². The molecule has 3 atom stereocenters. The molecule has 1 aromatic rings. The third-order valence-corrected chi connectivity index (χ3v) is 4.40. The van der Waals surface area contributed by atoms with Gasteiger partial charge in [0.1, 0.15) is 0 Å². The van der Waals surface area contributed by atoms with Crippen LogP contribution in [-0.2, 0) is 16.1 Å². The van der Waals surface area contributed by atoms with E-state index in [1.54, 1.807) is 0 Å². The maximum Gasteiger partial charge on any atom is 0.237 e. The number of benzene rings is 1. The number of hydrogen-bond acceptors (Lipinski definition) is 5. The molecular weight excluding hydrogens is 294 g/mol. The molecule has 3 rings (SSSR count). The summed E-state index contributed by atoms with van der Waals surface area (Å²) in [7, 11) is 0. The lowest BCUT2D eigenvalue weighted by Crippen LogP contribution is -2.49. The van der Waals surface area contributed by atoms with Crippen molar-refractivity contribution in [2.24, 2.45) is 0 Å². The van der Waals surface area contributed by atoms with Crippen molar-refractivity contribution in [1.82, 2.24) is 15.5 Å². The van der Waals surface area contributed by atoms with Crippen LogP contribution >= 0.6 is 0 Å². The van der Waals surface area contributed by atoms with E-state index in [9.17, 15) is 9.90 Å². The highest BCUT2D eigenvalue weighted by Gasteiger charge is 2.29. The van der Waals surface area contributed by atoms with E-state index < -0.39 is 6.10 Å². The van der Waals surface area contributed by atoms with Gasteiger partial charge in [-0.1, -0.05) is 30.3 Å². The molecule has 0 aromatic heterocycles. The monoisotopic (exact) mass is 319 g/mol. The predicted molar refractivity (Wildman–Crippen MR) is 86.9 cm³/mol. The molecule has 2 saturated heterocycles. The first-order chi connectivity index (χ1) is 11.2. The van der Waals surface area contributed by atoms with E-state index in [0.717, 1.165) is 19.6 Å². The predicted octanol–water partition coefficient (Wildman–Crippen LogP) is -0.274. The highest BCUT2D eigenvalue weighted by atomic mass is 16.5. The standard InChI is InChI=1S/C17H25N3O3/c21-14-8-16(18-9-14)17(22)19-10-15-12-20(6-7-23-15)11-13-4-2-1-3-5-13/h1-5,14-16,18,21H,6-12H2,(H,19,22). The van der Waals surface area contributed by atoms with Crippen LogP contribution < -0.4 is 10.6 Å². The summed E-state index contributed by atoms with van der Waals surface area (Å²) in [6.45, 7) is 4.33. The number of aliphatic hydroxyl groups excluding tert-OH is 1. The van der Waals surface area contributed by atoms with Gasteiger partial charge in [0, 0.05) is 32.7 Å². The fourth-order valence-electron chi connectivity index (χ4n) is 3.14. The Kier molecular flexibility index (Phi) is 5.61. The number of rotatable bonds is 5. The van der Waals surface area contributed by atoms with Crippen molar-refractivity contribution < 1.29 is 14.6 Å². The van der Waals surface area contributed by atoms with Crippen molar-refractivity contribution in [2.75, 3.05) is 32.8 Å². The number of nitrogens with zero attached hydrogens (tertiary/aromatic N) is 1. The second-order valence-electron chi connectivity index (χ2n) is 6.31. The molecule has 23 heavy (non-hydrogen) atoms. The molecule has 2 fully saturated rings. The van der Waals surface area contributed by atoms with Gasteiger partial charge < -0.3 is 20.5 Å². The fourth-order valence-corrected chi connectivity index (χ4v) is 3.14. The lowest BCUT2D eigenvalue weighted by Gasteiger charge is -2.33. The third-order valence-electron chi connectivity index (χ3n) is 4.40. The van der Waals surface area contributed by atoms with Gasteiger partial charge in [0.15, 0.2) is 0 Å². The second-order valence-corrected chi connectivity index (χ2v) is 6.31. The Labute approximate surface area is 136 Å². The smallest absolute Gasteiger partial charge is 0.237 e. The van der Waals surface area contributed by atoms with Crippen molar-refractivity contribution >= 4 is 5.91 Å². The summed E-state index contributed by atoms with van der Waals surface area (Å²) >= 11 is 0. The Hall–Kier alpha value is -1.47. The van der Waals surface area contributed by atoms with E-state index in [1.807, 2.05) is 6.07 Å². The molecule has 2 heterocycles. The highest BCUT2D eigenvalue weighted by molar-refractivity contribution is 5.82. The summed E-state index contributed by atoms with van der Waals surface area (Å²) in [6.07, 6.45) is 0.0816. The van der Waals surface area contributed by atoms with E-state index >= 15 is 0 Å². The van der Waals surface area contributed by atoms with Gasteiger partial charge in [0.05, 0.1) is 24.9 Å². The van der Waals surface area contributed by atoms with Crippen LogP contribution in [-0.4, -0.2) is 66.9 Å². The van der Waals surface area contributed by atoms with Gasteiger partial charge >= 0.3 is 0 Å². The minimum atomic E-state index is -0.418. The maximum absolute atomic E-state index is 12.1. The van der Waals surface area contributed by atoms with Gasteiger partial charge in [0.2, 0.25) is 5.91 Å². The number of nitrogens with one attached hydrogen (secondary N) is 2. The summed E-state index contributed by atoms with van der Waals surface area (Å²) < 4.78 is 5.75. The van der Waals surface area contributed by atoms with Crippen LogP contribution in [0.25, 0.3) is 0 Å². The number of ether oxygens (including phenoxy) is 1. The minimum absolute atomic E-state index is 0.0164. The average Bonchev–Trinajstić information content (AvgIpc) is 3.01. The highest BCUT2D eigenvalue weighted by Crippen LogP contribution is 2.11. The van der Waals surface area contributed by atoms with Gasteiger partial charge in [-0.15, -0.1) is 0 Å². The summed E-state index contributed by atoms with van der Waals surface area (Å²) in [6, 6.07) is 10.1. The number of aliphatic hydroxyl groups is 1. The molecule has 0 saturated carbocycles. The first-order valence-corrected chi connectivity index (χ1v) is 8.28. The van der Waals surface area contributed by atoms with Crippen molar-refractivity contribution in [3.63, 3.8) is 0 Å². The SMILES string of the molecule is O=C(NCC1CN(Cc2ccccc2)CCO1)C1CC(O)CN1. The molecule has 126 valence electrons. The van der Waals surface area contributed by atoms with Gasteiger partial charge in [-0.05, 0) is 12.0 Å². The number of β-amino-alcohol motifs (C(OH)–C–C–N with tert-alkyl or cyclic N) is 1. The van der Waals surface area contributed by atoms with Crippen molar-refractivity contribution in [2.45, 2.75) is 31.2 Å². The summed E-state index contributed by atoms with van der Waals surface area (Å²) in [4.78, 5) is 14.4. The van der Waals surface area contributed by atoms with E-state index in [0.29, 0.717) is 26.1 Å². The lowest BCUT2D eigenvalue weighted by atomic mass is 10.1. The molecule has 0 radical (unpaired) electrons. The zero-order chi connectivity index (χ0) is 16.1. The molecule has 0 bridgehead atoms. The van der Waals surface area contributed by atoms with Gasteiger partial charge in [-0.3, -0.25) is 9.69 Å². The molecule has 3 N–H and O–H groups in total. The number of carbonyl (C=O) groups is 1. The first kappa shape index (κ1) is 16.4.